The molecule has 0 saturated heterocycles. The third-order valence-corrected chi connectivity index (χ3v) is 9.17. The molecule has 11 heteroatoms. The lowest BCUT2D eigenvalue weighted by Gasteiger charge is -2.30. The molecule has 188 valence electrons. The third-order valence-electron chi connectivity index (χ3n) is 5.85. The number of nitrogens with one attached hydrogen (secondary N) is 2. The van der Waals surface area contributed by atoms with E-state index in [1.54, 1.807) is 45.0 Å². The van der Waals surface area contributed by atoms with Crippen LogP contribution in [0.1, 0.15) is 52.1 Å². The number of aromatic nitrogens is 1. The van der Waals surface area contributed by atoms with Crippen LogP contribution in [0.25, 0.3) is 10.9 Å². The Balaban J connectivity index is 1.50. The van der Waals surface area contributed by atoms with Gasteiger partial charge in [-0.3, -0.25) is 4.79 Å². The summed E-state index contributed by atoms with van der Waals surface area (Å²) in [5.41, 5.74) is -0.653. The highest BCUT2D eigenvalue weighted by atomic mass is 32.2. The average Bonchev–Trinajstić information content (AvgIpc) is 2.75. The number of carbonyl (C=O) groups excluding carboxylic acids is 1. The molecule has 1 saturated carbocycles. The molecular weight excluding hydrogens is 487 g/mol. The van der Waals surface area contributed by atoms with Crippen molar-refractivity contribution in [2.45, 2.75) is 68.3 Å². The molecule has 2 N–H and O–H groups in total. The smallest absolute Gasteiger partial charge is 0.355 e. The van der Waals surface area contributed by atoms with Crippen LogP contribution in [0.5, 0.6) is 0 Å². The molecule has 6 nitrogen and oxygen atoms in total. The zero-order chi connectivity index (χ0) is 25.1. The van der Waals surface area contributed by atoms with Crippen LogP contribution in [0.3, 0.4) is 0 Å². The molecule has 34 heavy (non-hydrogen) atoms. The van der Waals surface area contributed by atoms with Gasteiger partial charge in [-0.25, -0.2) is 18.1 Å². The van der Waals surface area contributed by atoms with Gasteiger partial charge in [0.1, 0.15) is 5.69 Å². The molecule has 1 aliphatic carbocycles. The van der Waals surface area contributed by atoms with Crippen molar-refractivity contribution in [1.82, 2.24) is 15.0 Å². The van der Waals surface area contributed by atoms with Crippen LogP contribution in [-0.2, 0) is 21.0 Å². The number of para-hydroxylation sites is 1. The Morgan fingerprint density at radius 3 is 2.38 bits per heavy atom. The van der Waals surface area contributed by atoms with Crippen molar-refractivity contribution < 1.29 is 26.4 Å². The van der Waals surface area contributed by atoms with Gasteiger partial charge < -0.3 is 5.32 Å². The minimum atomic E-state index is -4.53. The summed E-state index contributed by atoms with van der Waals surface area (Å²) in [6.45, 7) is 5.25. The van der Waals surface area contributed by atoms with E-state index in [4.69, 9.17) is 0 Å². The minimum absolute atomic E-state index is 0.103. The maximum Gasteiger partial charge on any atom is 0.433 e. The second-order valence-electron chi connectivity index (χ2n) is 9.44. The van der Waals surface area contributed by atoms with E-state index in [1.807, 2.05) is 0 Å². The normalized spacial score (nSPS) is 19.8. The fourth-order valence-electron chi connectivity index (χ4n) is 3.76. The summed E-state index contributed by atoms with van der Waals surface area (Å²) in [4.78, 5) is 16.7. The number of sulfonamides is 1. The molecule has 3 rings (SSSR count). The summed E-state index contributed by atoms with van der Waals surface area (Å²) in [7, 11) is -3.44. The van der Waals surface area contributed by atoms with Crippen molar-refractivity contribution in [2.24, 2.45) is 5.92 Å². The Morgan fingerprint density at radius 2 is 1.76 bits per heavy atom. The highest BCUT2D eigenvalue weighted by Crippen LogP contribution is 2.34. The Bertz CT molecular complexity index is 1120. The van der Waals surface area contributed by atoms with E-state index in [0.717, 1.165) is 6.07 Å². The number of thioether (sulfide) groups is 1. The van der Waals surface area contributed by atoms with Gasteiger partial charge in [0.25, 0.3) is 0 Å². The molecule has 1 heterocycles. The lowest BCUT2D eigenvalue weighted by Crippen LogP contribution is -2.46. The topological polar surface area (TPSA) is 88.2 Å². The van der Waals surface area contributed by atoms with E-state index >= 15 is 0 Å². The molecule has 1 aromatic heterocycles. The molecule has 0 atom stereocenters. The number of benzene rings is 1. The summed E-state index contributed by atoms with van der Waals surface area (Å²) in [5.74, 6) is 0.116. The number of rotatable bonds is 7. The van der Waals surface area contributed by atoms with Crippen molar-refractivity contribution in [3.05, 3.63) is 36.0 Å². The van der Waals surface area contributed by atoms with Crippen molar-refractivity contribution in [1.29, 1.82) is 0 Å². The number of pyridine rings is 1. The van der Waals surface area contributed by atoms with Gasteiger partial charge in [-0.15, -0.1) is 11.8 Å². The van der Waals surface area contributed by atoms with Gasteiger partial charge in [0, 0.05) is 34.5 Å². The first kappa shape index (κ1) is 26.7. The number of fused-ring (bicyclic) bond motifs is 1. The number of hydrogen-bond donors (Lipinski definition) is 2. The summed E-state index contributed by atoms with van der Waals surface area (Å²) in [5, 5.41) is 3.51. The number of amides is 1. The second-order valence-corrected chi connectivity index (χ2v) is 13.0. The largest absolute Gasteiger partial charge is 0.433 e. The summed E-state index contributed by atoms with van der Waals surface area (Å²) in [6, 6.07) is 7.55. The Kier molecular flexibility index (Phi) is 8.19. The fourth-order valence-corrected chi connectivity index (χ4v) is 5.73. The molecule has 1 amide bonds. The first-order valence-electron chi connectivity index (χ1n) is 11.2. The van der Waals surface area contributed by atoms with Gasteiger partial charge >= 0.3 is 6.18 Å². The van der Waals surface area contributed by atoms with Crippen LogP contribution in [0, 0.1) is 5.92 Å². The molecule has 0 bridgehead atoms. The maximum atomic E-state index is 13.2. The van der Waals surface area contributed by atoms with E-state index in [1.165, 1.54) is 11.8 Å². The highest BCUT2D eigenvalue weighted by Gasteiger charge is 2.35. The van der Waals surface area contributed by atoms with Gasteiger partial charge in [-0.05, 0) is 58.6 Å². The summed E-state index contributed by atoms with van der Waals surface area (Å²) >= 11 is 1.25. The molecule has 0 aliphatic heterocycles. The lowest BCUT2D eigenvalue weighted by atomic mass is 9.86. The molecular formula is C23H30F3N3O3S2. The van der Waals surface area contributed by atoms with Crippen LogP contribution < -0.4 is 10.0 Å². The van der Waals surface area contributed by atoms with Gasteiger partial charge in [-0.1, -0.05) is 18.2 Å². The lowest BCUT2D eigenvalue weighted by molar-refractivity contribution is -0.141. The Labute approximate surface area is 202 Å². The van der Waals surface area contributed by atoms with Crippen LogP contribution in [0.15, 0.2) is 35.2 Å². The van der Waals surface area contributed by atoms with E-state index in [-0.39, 0.29) is 23.4 Å². The van der Waals surface area contributed by atoms with E-state index in [2.05, 4.69) is 15.0 Å². The second kappa shape index (κ2) is 10.4. The number of alkyl halides is 3. The highest BCUT2D eigenvalue weighted by molar-refractivity contribution is 7.99. The van der Waals surface area contributed by atoms with Crippen LogP contribution in [0.2, 0.25) is 0 Å². The van der Waals surface area contributed by atoms with Gasteiger partial charge in [0.2, 0.25) is 15.9 Å². The van der Waals surface area contributed by atoms with Crippen LogP contribution in [-0.4, -0.2) is 42.4 Å². The molecule has 0 spiro atoms. The van der Waals surface area contributed by atoms with Crippen molar-refractivity contribution in [3.63, 3.8) is 0 Å². The maximum absolute atomic E-state index is 13.2. The number of carbonyl (C=O) groups is 1. The van der Waals surface area contributed by atoms with Gasteiger partial charge in [0.15, 0.2) is 0 Å². The van der Waals surface area contributed by atoms with E-state index in [0.29, 0.717) is 48.3 Å². The van der Waals surface area contributed by atoms with Crippen LogP contribution >= 0.6 is 11.8 Å². The van der Waals surface area contributed by atoms with E-state index in [9.17, 15) is 26.4 Å². The first-order chi connectivity index (χ1) is 15.8. The quantitative estimate of drug-likeness (QED) is 0.409. The van der Waals surface area contributed by atoms with Crippen molar-refractivity contribution in [2.75, 3.05) is 12.3 Å². The molecule has 0 radical (unpaired) electrons. The summed E-state index contributed by atoms with van der Waals surface area (Å²) < 4.78 is 66.1. The molecule has 1 aromatic carbocycles. The molecule has 0 unspecified atom stereocenters. The first-order valence-corrected chi connectivity index (χ1v) is 13.6. The average molecular weight is 518 g/mol. The SMILES string of the molecule is CC(C)(C)S(=O)(=O)NC1CCC(C(=O)NCCSc2cc(C(F)(F)F)nc3ccccc23)CC1. The fraction of sp³-hybridized carbons (Fsp3) is 0.565. The number of halogens is 3. The Morgan fingerprint density at radius 1 is 1.12 bits per heavy atom. The van der Waals surface area contributed by atoms with Crippen molar-refractivity contribution >= 4 is 38.6 Å². The zero-order valence-corrected chi connectivity index (χ0v) is 21.0. The van der Waals surface area contributed by atoms with Crippen LogP contribution in [0.4, 0.5) is 13.2 Å². The molecule has 2 aromatic rings. The van der Waals surface area contributed by atoms with Gasteiger partial charge in [-0.2, -0.15) is 13.2 Å². The molecule has 1 aliphatic rings. The number of nitrogens with zero attached hydrogens (tertiary/aromatic N) is 1. The number of hydrogen-bond acceptors (Lipinski definition) is 5. The van der Waals surface area contributed by atoms with Crippen molar-refractivity contribution in [3.8, 4) is 0 Å². The predicted octanol–water partition coefficient (Wildman–Crippen LogP) is 4.74. The van der Waals surface area contributed by atoms with Gasteiger partial charge in [0.05, 0.1) is 10.3 Å². The van der Waals surface area contributed by atoms with E-state index < -0.39 is 26.6 Å². The monoisotopic (exact) mass is 517 g/mol. The molecule has 1 fully saturated rings. The Hall–Kier alpha value is -1.85. The summed E-state index contributed by atoms with van der Waals surface area (Å²) in [6.07, 6.45) is -2.19. The third kappa shape index (κ3) is 6.63. The standard InChI is InChI=1S/C23H30F3N3O3S2/c1-22(2,3)34(31,32)29-16-10-8-15(9-11-16)21(30)27-12-13-33-19-14-20(23(24,25)26)28-18-7-5-4-6-17(18)19/h4-7,14-16,29H,8-13H2,1-3H3,(H,27,30). The predicted molar refractivity (Wildman–Crippen MR) is 128 cm³/mol. The minimum Gasteiger partial charge on any atom is -0.355 e. The zero-order valence-electron chi connectivity index (χ0n) is 19.4.